The average Bonchev–Trinajstić information content (AvgIpc) is 3.55. The van der Waals surface area contributed by atoms with Crippen molar-refractivity contribution in [1.82, 2.24) is 34.5 Å². The number of ether oxygens (including phenoxy) is 1. The lowest BCUT2D eigenvalue weighted by Crippen LogP contribution is -2.53. The standard InChI is InChI=1S/C25H29N9O3/c1-16-14-31(7-8-32(16)25(35)36)19-4-2-3-17(11-19)21-12-20(23-24(26)27-15-29-34(21)23)22-13-28-30-33(22)18-5-9-37-10-6-18/h2-4,11-13,15-16,18H,5-10,14H2,1H3,(H,35,36)(H2,26,27,29). The molecule has 0 aliphatic carbocycles. The van der Waals surface area contributed by atoms with Gasteiger partial charge in [-0.25, -0.2) is 19.0 Å². The number of nitrogens with zero attached hydrogens (tertiary/aromatic N) is 8. The van der Waals surface area contributed by atoms with Crippen molar-refractivity contribution in [2.24, 2.45) is 0 Å². The Kier molecular flexibility index (Phi) is 5.87. The summed E-state index contributed by atoms with van der Waals surface area (Å²) >= 11 is 0. The van der Waals surface area contributed by atoms with Crippen molar-refractivity contribution in [1.29, 1.82) is 0 Å². The number of benzene rings is 1. The van der Waals surface area contributed by atoms with E-state index < -0.39 is 6.09 Å². The molecule has 37 heavy (non-hydrogen) atoms. The number of carbonyl (C=O) groups is 1. The summed E-state index contributed by atoms with van der Waals surface area (Å²) in [6, 6.07) is 10.4. The molecule has 1 atom stereocenters. The third kappa shape index (κ3) is 4.12. The molecule has 2 saturated heterocycles. The molecule has 12 heteroatoms. The molecule has 6 rings (SSSR count). The topological polar surface area (TPSA) is 140 Å². The van der Waals surface area contributed by atoms with Crippen molar-refractivity contribution in [3.8, 4) is 22.5 Å². The summed E-state index contributed by atoms with van der Waals surface area (Å²) in [7, 11) is 0. The Hall–Kier alpha value is -4.19. The van der Waals surface area contributed by atoms with E-state index in [1.54, 1.807) is 6.20 Å². The predicted octanol–water partition coefficient (Wildman–Crippen LogP) is 2.78. The van der Waals surface area contributed by atoms with Crippen LogP contribution in [0, 0.1) is 0 Å². The van der Waals surface area contributed by atoms with E-state index in [-0.39, 0.29) is 12.1 Å². The van der Waals surface area contributed by atoms with E-state index in [4.69, 9.17) is 10.5 Å². The quantitative estimate of drug-likeness (QED) is 0.430. The van der Waals surface area contributed by atoms with E-state index in [1.807, 2.05) is 28.3 Å². The van der Waals surface area contributed by atoms with Gasteiger partial charge in [-0.1, -0.05) is 17.3 Å². The van der Waals surface area contributed by atoms with Crippen LogP contribution in [-0.4, -0.2) is 84.6 Å². The minimum Gasteiger partial charge on any atom is -0.465 e. The van der Waals surface area contributed by atoms with Crippen LogP contribution in [0.3, 0.4) is 0 Å². The summed E-state index contributed by atoms with van der Waals surface area (Å²) in [5, 5.41) is 22.6. The highest BCUT2D eigenvalue weighted by molar-refractivity contribution is 5.91. The molecule has 1 amide bonds. The second-order valence-corrected chi connectivity index (χ2v) is 9.58. The summed E-state index contributed by atoms with van der Waals surface area (Å²) in [5.74, 6) is 0.380. The number of aromatic nitrogens is 6. The fraction of sp³-hybridized carbons (Fsp3) is 0.400. The van der Waals surface area contributed by atoms with Crippen molar-refractivity contribution < 1.29 is 14.6 Å². The second kappa shape index (κ2) is 9.36. The third-order valence-corrected chi connectivity index (χ3v) is 7.35. The molecule has 3 aromatic heterocycles. The van der Waals surface area contributed by atoms with Crippen molar-refractivity contribution in [3.05, 3.63) is 42.9 Å². The molecule has 0 spiro atoms. The van der Waals surface area contributed by atoms with Crippen LogP contribution in [0.2, 0.25) is 0 Å². The van der Waals surface area contributed by atoms with Crippen LogP contribution in [0.25, 0.3) is 28.0 Å². The van der Waals surface area contributed by atoms with E-state index in [2.05, 4.69) is 43.5 Å². The van der Waals surface area contributed by atoms with Gasteiger partial charge in [-0.15, -0.1) is 5.10 Å². The number of nitrogen functional groups attached to an aromatic ring is 1. The molecule has 12 nitrogen and oxygen atoms in total. The Morgan fingerprint density at radius 2 is 2.00 bits per heavy atom. The lowest BCUT2D eigenvalue weighted by atomic mass is 10.1. The Morgan fingerprint density at radius 1 is 1.16 bits per heavy atom. The maximum atomic E-state index is 11.5. The summed E-state index contributed by atoms with van der Waals surface area (Å²) in [4.78, 5) is 19.5. The first kappa shape index (κ1) is 23.2. The molecule has 4 aromatic rings. The van der Waals surface area contributed by atoms with Gasteiger partial charge in [0.05, 0.1) is 23.6 Å². The van der Waals surface area contributed by atoms with Crippen LogP contribution < -0.4 is 10.6 Å². The predicted molar refractivity (Wildman–Crippen MR) is 137 cm³/mol. The largest absolute Gasteiger partial charge is 0.465 e. The minimum absolute atomic E-state index is 0.0962. The van der Waals surface area contributed by atoms with Crippen molar-refractivity contribution in [2.75, 3.05) is 43.5 Å². The smallest absolute Gasteiger partial charge is 0.407 e. The maximum absolute atomic E-state index is 11.5. The molecule has 2 aliphatic heterocycles. The zero-order valence-electron chi connectivity index (χ0n) is 20.6. The van der Waals surface area contributed by atoms with Crippen LogP contribution in [0.1, 0.15) is 25.8 Å². The van der Waals surface area contributed by atoms with Crippen LogP contribution in [0.4, 0.5) is 16.3 Å². The van der Waals surface area contributed by atoms with Gasteiger partial charge in [0.1, 0.15) is 11.8 Å². The molecule has 1 unspecified atom stereocenters. The highest BCUT2D eigenvalue weighted by atomic mass is 16.5. The first-order valence-electron chi connectivity index (χ1n) is 12.5. The summed E-state index contributed by atoms with van der Waals surface area (Å²) in [6.45, 7) is 5.05. The van der Waals surface area contributed by atoms with E-state index >= 15 is 0 Å². The van der Waals surface area contributed by atoms with Crippen LogP contribution >= 0.6 is 0 Å². The van der Waals surface area contributed by atoms with E-state index in [0.717, 1.165) is 41.0 Å². The normalized spacial score (nSPS) is 19.0. The molecule has 0 radical (unpaired) electrons. The molecular formula is C25H29N9O3. The Morgan fingerprint density at radius 3 is 2.78 bits per heavy atom. The number of anilines is 2. The molecule has 1 aromatic carbocycles. The molecule has 192 valence electrons. The third-order valence-electron chi connectivity index (χ3n) is 7.35. The number of piperazine rings is 1. The zero-order valence-corrected chi connectivity index (χ0v) is 20.6. The first-order valence-corrected chi connectivity index (χ1v) is 12.5. The highest BCUT2D eigenvalue weighted by Crippen LogP contribution is 2.37. The Balaban J connectivity index is 1.40. The SMILES string of the molecule is CC1CN(c2cccc(-c3cc(-c4cnnn4C4CCOCC4)c4c(N)ncnn34)c2)CCN1C(=O)O. The van der Waals surface area contributed by atoms with Gasteiger partial charge in [-0.3, -0.25) is 0 Å². The highest BCUT2D eigenvalue weighted by Gasteiger charge is 2.28. The second-order valence-electron chi connectivity index (χ2n) is 9.58. The van der Waals surface area contributed by atoms with Gasteiger partial charge in [0.2, 0.25) is 0 Å². The van der Waals surface area contributed by atoms with Gasteiger partial charge in [-0.05, 0) is 38.0 Å². The number of rotatable bonds is 4. The van der Waals surface area contributed by atoms with Gasteiger partial charge in [0.15, 0.2) is 5.82 Å². The summed E-state index contributed by atoms with van der Waals surface area (Å²) < 4.78 is 9.33. The molecule has 2 fully saturated rings. The fourth-order valence-corrected chi connectivity index (χ4v) is 5.44. The minimum atomic E-state index is -0.875. The lowest BCUT2D eigenvalue weighted by Gasteiger charge is -2.39. The number of hydrogen-bond donors (Lipinski definition) is 2. The van der Waals surface area contributed by atoms with E-state index in [9.17, 15) is 9.90 Å². The molecule has 0 saturated carbocycles. The molecule has 2 aliphatic rings. The zero-order chi connectivity index (χ0) is 25.5. The Labute approximate surface area is 213 Å². The Bertz CT molecular complexity index is 1440. The van der Waals surface area contributed by atoms with Gasteiger partial charge >= 0.3 is 6.09 Å². The number of hydrogen-bond acceptors (Lipinski definition) is 8. The van der Waals surface area contributed by atoms with Crippen LogP contribution in [0.5, 0.6) is 0 Å². The van der Waals surface area contributed by atoms with E-state index in [1.165, 1.54) is 11.2 Å². The average molecular weight is 504 g/mol. The molecular weight excluding hydrogens is 474 g/mol. The summed E-state index contributed by atoms with van der Waals surface area (Å²) in [5.41, 5.74) is 11.7. The van der Waals surface area contributed by atoms with Crippen LogP contribution in [-0.2, 0) is 4.74 Å². The van der Waals surface area contributed by atoms with Gasteiger partial charge in [-0.2, -0.15) is 5.10 Å². The first-order chi connectivity index (χ1) is 18.0. The molecule has 0 bridgehead atoms. The molecule has 5 heterocycles. The van der Waals surface area contributed by atoms with Gasteiger partial charge < -0.3 is 25.4 Å². The van der Waals surface area contributed by atoms with Gasteiger partial charge in [0.25, 0.3) is 0 Å². The molecule has 3 N–H and O–H groups in total. The van der Waals surface area contributed by atoms with Crippen LogP contribution in [0.15, 0.2) is 42.9 Å². The van der Waals surface area contributed by atoms with E-state index in [0.29, 0.717) is 44.2 Å². The maximum Gasteiger partial charge on any atom is 0.407 e. The number of carboxylic acid groups (broad SMARTS) is 1. The summed E-state index contributed by atoms with van der Waals surface area (Å²) in [6.07, 6.45) is 4.09. The number of fused-ring (bicyclic) bond motifs is 1. The lowest BCUT2D eigenvalue weighted by molar-refractivity contribution is 0.0662. The number of amides is 1. The van der Waals surface area contributed by atoms with Crippen molar-refractivity contribution in [3.63, 3.8) is 0 Å². The van der Waals surface area contributed by atoms with Crippen molar-refractivity contribution in [2.45, 2.75) is 31.8 Å². The monoisotopic (exact) mass is 503 g/mol. The number of nitrogens with two attached hydrogens (primary N) is 1. The fourth-order valence-electron chi connectivity index (χ4n) is 5.44. The van der Waals surface area contributed by atoms with Gasteiger partial charge in [0, 0.05) is 55.7 Å². The van der Waals surface area contributed by atoms with Crippen molar-refractivity contribution >= 4 is 23.1 Å².